The summed E-state index contributed by atoms with van der Waals surface area (Å²) in [6.45, 7) is 0. The predicted molar refractivity (Wildman–Crippen MR) is 263 cm³/mol. The fraction of sp³-hybridized carbons (Fsp3) is 0. The van der Waals surface area contributed by atoms with Crippen molar-refractivity contribution in [2.75, 3.05) is 0 Å². The van der Waals surface area contributed by atoms with Crippen molar-refractivity contribution in [3.63, 3.8) is 0 Å². The summed E-state index contributed by atoms with van der Waals surface area (Å²) in [5, 5.41) is 15.8. The van der Waals surface area contributed by atoms with Crippen molar-refractivity contribution >= 4 is 108 Å². The van der Waals surface area contributed by atoms with Gasteiger partial charge in [-0.2, -0.15) is 0 Å². The van der Waals surface area contributed by atoms with Gasteiger partial charge in [0.2, 0.25) is 0 Å². The monoisotopic (exact) mass is 842 g/mol. The second-order valence-electron chi connectivity index (χ2n) is 15.8. The fourth-order valence-corrected chi connectivity index (χ4v) is 13.9. The number of hydrogen-bond acceptors (Lipinski definition) is 1. The molecular formula is C58H34SSe. The molecule has 0 saturated heterocycles. The van der Waals surface area contributed by atoms with Crippen LogP contribution < -0.4 is 0 Å². The maximum atomic E-state index is 2.52. The Balaban J connectivity index is 1.06. The fourth-order valence-electron chi connectivity index (χ4n) is 10.2. The van der Waals surface area contributed by atoms with Crippen LogP contribution in [0.5, 0.6) is 0 Å². The summed E-state index contributed by atoms with van der Waals surface area (Å²) in [6.07, 6.45) is 0. The van der Waals surface area contributed by atoms with Crippen LogP contribution in [0.3, 0.4) is 0 Å². The molecule has 0 nitrogen and oxygen atoms in total. The van der Waals surface area contributed by atoms with Gasteiger partial charge in [0.1, 0.15) is 0 Å². The van der Waals surface area contributed by atoms with Gasteiger partial charge in [-0.1, -0.05) is 12.1 Å². The minimum absolute atomic E-state index is 0.161. The van der Waals surface area contributed by atoms with E-state index in [0.29, 0.717) is 0 Å². The van der Waals surface area contributed by atoms with Gasteiger partial charge < -0.3 is 0 Å². The molecule has 0 aliphatic carbocycles. The van der Waals surface area contributed by atoms with E-state index in [2.05, 4.69) is 206 Å². The molecule has 11 aromatic carbocycles. The number of thiophene rings is 1. The molecule has 0 saturated carbocycles. The first kappa shape index (κ1) is 34.1. The van der Waals surface area contributed by atoms with E-state index in [1.807, 2.05) is 11.3 Å². The first-order valence-electron chi connectivity index (χ1n) is 20.6. The van der Waals surface area contributed by atoms with Crippen molar-refractivity contribution < 1.29 is 0 Å². The van der Waals surface area contributed by atoms with Crippen molar-refractivity contribution in [2.24, 2.45) is 0 Å². The molecule has 0 radical (unpaired) electrons. The average Bonchev–Trinajstić information content (AvgIpc) is 3.89. The zero-order valence-corrected chi connectivity index (χ0v) is 35.0. The first-order valence-corrected chi connectivity index (χ1v) is 23.1. The molecule has 2 heteroatoms. The Morgan fingerprint density at radius 2 is 0.750 bits per heavy atom. The molecule has 13 aromatic rings. The standard InChI is InChI=1S/C58H34SSe/c1-2-16-35(17-3-1)53-38-19-4-8-23-42(38)55(43-24-9-5-20-39(43)53)48-28-15-31-51-57(48)47-33-32-36(34-52(47)60-51)54-40-21-6-10-25-44(40)56(45-26-11-7-22-41(45)54)49-29-14-27-46-37-18-12-13-30-50(37)59-58(46)49/h1-34H. The topological polar surface area (TPSA) is 0 Å². The van der Waals surface area contributed by atoms with E-state index in [9.17, 15) is 0 Å². The molecule has 0 fully saturated rings. The molecule has 278 valence electrons. The SMILES string of the molecule is c1ccc(-c2c3ccccc3c(-c3cccc4[se]c5cc(-c6c7ccccc7c(-c7cccc8c7sc7ccccc78)c7ccccc67)ccc5c34)c3ccccc23)cc1. The molecule has 0 aliphatic heterocycles. The van der Waals surface area contributed by atoms with Crippen LogP contribution in [0.25, 0.3) is 127 Å². The van der Waals surface area contributed by atoms with E-state index >= 15 is 0 Å². The molecule has 0 atom stereocenters. The molecular weight excluding hydrogens is 808 g/mol. The molecule has 0 N–H and O–H groups in total. The minimum atomic E-state index is 0.161. The summed E-state index contributed by atoms with van der Waals surface area (Å²) in [7, 11) is 0. The van der Waals surface area contributed by atoms with Gasteiger partial charge in [-0.05, 0) is 0 Å². The number of fused-ring (bicyclic) bond motifs is 10. The van der Waals surface area contributed by atoms with Crippen LogP contribution in [-0.4, -0.2) is 14.5 Å². The second kappa shape index (κ2) is 13.4. The van der Waals surface area contributed by atoms with Gasteiger partial charge in [0, 0.05) is 0 Å². The van der Waals surface area contributed by atoms with Crippen molar-refractivity contribution in [1.82, 2.24) is 0 Å². The third-order valence-electron chi connectivity index (χ3n) is 12.7. The summed E-state index contributed by atoms with van der Waals surface area (Å²) in [6, 6.07) is 77.2. The van der Waals surface area contributed by atoms with E-state index in [-0.39, 0.29) is 14.5 Å². The normalized spacial score (nSPS) is 12.0. The van der Waals surface area contributed by atoms with Gasteiger partial charge in [0.05, 0.1) is 0 Å². The molecule has 0 bridgehead atoms. The van der Waals surface area contributed by atoms with Gasteiger partial charge in [-0.15, -0.1) is 0 Å². The Morgan fingerprint density at radius 1 is 0.283 bits per heavy atom. The third kappa shape index (κ3) is 4.97. The third-order valence-corrected chi connectivity index (χ3v) is 16.2. The van der Waals surface area contributed by atoms with Crippen LogP contribution in [0.1, 0.15) is 0 Å². The zero-order valence-electron chi connectivity index (χ0n) is 32.4. The van der Waals surface area contributed by atoms with Crippen molar-refractivity contribution in [3.8, 4) is 44.5 Å². The van der Waals surface area contributed by atoms with Gasteiger partial charge >= 0.3 is 347 Å². The van der Waals surface area contributed by atoms with Crippen LogP contribution >= 0.6 is 11.3 Å². The molecule has 0 amide bonds. The summed E-state index contributed by atoms with van der Waals surface area (Å²) >= 11 is 2.07. The Kier molecular flexibility index (Phi) is 7.59. The first-order chi connectivity index (χ1) is 29.8. The molecule has 2 heterocycles. The number of hydrogen-bond donors (Lipinski definition) is 0. The van der Waals surface area contributed by atoms with Crippen molar-refractivity contribution in [1.29, 1.82) is 0 Å². The molecule has 2 aromatic heterocycles. The van der Waals surface area contributed by atoms with E-state index < -0.39 is 0 Å². The number of benzene rings is 11. The maximum absolute atomic E-state index is 2.52. The Labute approximate surface area is 357 Å². The second-order valence-corrected chi connectivity index (χ2v) is 19.1. The van der Waals surface area contributed by atoms with E-state index in [1.54, 1.807) is 0 Å². The van der Waals surface area contributed by atoms with Gasteiger partial charge in [-0.3, -0.25) is 0 Å². The molecule has 0 spiro atoms. The molecule has 13 rings (SSSR count). The van der Waals surface area contributed by atoms with E-state index in [1.165, 1.54) is 127 Å². The predicted octanol–water partition coefficient (Wildman–Crippen LogP) is 16.7. The molecule has 60 heavy (non-hydrogen) atoms. The van der Waals surface area contributed by atoms with Crippen LogP contribution in [0.15, 0.2) is 206 Å². The van der Waals surface area contributed by atoms with Gasteiger partial charge in [0.15, 0.2) is 0 Å². The average molecular weight is 842 g/mol. The molecule has 0 unspecified atom stereocenters. The Bertz CT molecular complexity index is 3770. The summed E-state index contributed by atoms with van der Waals surface area (Å²) in [5.41, 5.74) is 10.4. The number of rotatable bonds is 4. The van der Waals surface area contributed by atoms with Crippen molar-refractivity contribution in [2.45, 2.75) is 0 Å². The van der Waals surface area contributed by atoms with Crippen LogP contribution in [-0.2, 0) is 0 Å². The summed E-state index contributed by atoms with van der Waals surface area (Å²) < 4.78 is 5.59. The Morgan fingerprint density at radius 3 is 1.37 bits per heavy atom. The molecule has 0 aliphatic rings. The summed E-state index contributed by atoms with van der Waals surface area (Å²) in [4.78, 5) is 0. The van der Waals surface area contributed by atoms with Gasteiger partial charge in [-0.25, -0.2) is 0 Å². The van der Waals surface area contributed by atoms with E-state index in [4.69, 9.17) is 0 Å². The van der Waals surface area contributed by atoms with Crippen molar-refractivity contribution in [3.05, 3.63) is 206 Å². The summed E-state index contributed by atoms with van der Waals surface area (Å²) in [5.74, 6) is 0. The van der Waals surface area contributed by atoms with Crippen LogP contribution in [0, 0.1) is 0 Å². The van der Waals surface area contributed by atoms with E-state index in [0.717, 1.165) is 0 Å². The van der Waals surface area contributed by atoms with Crippen LogP contribution in [0.4, 0.5) is 0 Å². The Hall–Kier alpha value is -6.80. The zero-order chi connectivity index (χ0) is 39.3. The van der Waals surface area contributed by atoms with Crippen LogP contribution in [0.2, 0.25) is 0 Å². The van der Waals surface area contributed by atoms with Gasteiger partial charge in [0.25, 0.3) is 0 Å². The quantitative estimate of drug-likeness (QED) is 0.122.